The molecule has 5 nitrogen and oxygen atoms in total. The van der Waals surface area contributed by atoms with Crippen LogP contribution in [0.15, 0.2) is 36.4 Å². The Morgan fingerprint density at radius 1 is 1.03 bits per heavy atom. The van der Waals surface area contributed by atoms with Crippen molar-refractivity contribution < 1.29 is 23.9 Å². The third-order valence-corrected chi connectivity index (χ3v) is 7.86. The van der Waals surface area contributed by atoms with Crippen LogP contribution in [-0.4, -0.2) is 36.9 Å². The summed E-state index contributed by atoms with van der Waals surface area (Å²) in [5.74, 6) is -1.80. The second kappa shape index (κ2) is 8.21. The number of carbonyl (C=O) groups excluding carboxylic acids is 3. The molecule has 1 aliphatic carbocycles. The van der Waals surface area contributed by atoms with Crippen LogP contribution < -0.4 is 0 Å². The van der Waals surface area contributed by atoms with Crippen LogP contribution in [0.1, 0.15) is 70.3 Å². The van der Waals surface area contributed by atoms with Crippen molar-refractivity contribution in [1.82, 2.24) is 0 Å². The molecule has 2 saturated heterocycles. The number of ether oxygens (including phenoxy) is 2. The molecule has 0 amide bonds. The predicted molar refractivity (Wildman–Crippen MR) is 123 cm³/mol. The van der Waals surface area contributed by atoms with Crippen molar-refractivity contribution in [1.29, 1.82) is 0 Å². The molecular formula is C28H30O5. The van der Waals surface area contributed by atoms with Gasteiger partial charge in [0.1, 0.15) is 5.92 Å². The second-order valence-electron chi connectivity index (χ2n) is 9.59. The van der Waals surface area contributed by atoms with E-state index in [2.05, 4.69) is 32.9 Å². The summed E-state index contributed by atoms with van der Waals surface area (Å²) in [6.07, 6.45) is 1.71. The average molecular weight is 447 g/mol. The molecule has 0 aromatic heterocycles. The average Bonchev–Trinajstić information content (AvgIpc) is 3.49. The first kappa shape index (κ1) is 22.0. The highest BCUT2D eigenvalue weighted by Gasteiger charge is 2.66. The maximum Gasteiger partial charge on any atom is 0.337 e. The Labute approximate surface area is 194 Å². The number of hydrogen-bond acceptors (Lipinski definition) is 5. The Bertz CT molecular complexity index is 1120. The molecule has 0 radical (unpaired) electrons. The van der Waals surface area contributed by atoms with Crippen LogP contribution in [0.4, 0.5) is 0 Å². The van der Waals surface area contributed by atoms with Crippen LogP contribution >= 0.6 is 0 Å². The second-order valence-corrected chi connectivity index (χ2v) is 9.59. The van der Waals surface area contributed by atoms with Gasteiger partial charge in [-0.2, -0.15) is 0 Å². The molecule has 2 heterocycles. The van der Waals surface area contributed by atoms with E-state index in [0.717, 1.165) is 35.1 Å². The number of benzene rings is 2. The highest BCUT2D eigenvalue weighted by atomic mass is 16.5. The minimum absolute atomic E-state index is 0.00864. The molecular weight excluding hydrogens is 416 g/mol. The number of carbonyl (C=O) groups is 3. The lowest BCUT2D eigenvalue weighted by Crippen LogP contribution is -2.34. The van der Waals surface area contributed by atoms with Gasteiger partial charge in [-0.05, 0) is 60.6 Å². The minimum Gasteiger partial charge on any atom is -0.465 e. The SMILES string of the molecule is CCc1cc(C)cc(CC)c1C1C(=O)[C@@H]2[C@@H]3O[C@@H](C[C@H]3c3cccc(C(=O)OC)c3)[C@@H]2C1=O. The number of fused-ring (bicyclic) bond motifs is 5. The van der Waals surface area contributed by atoms with E-state index in [1.807, 2.05) is 18.2 Å². The summed E-state index contributed by atoms with van der Waals surface area (Å²) in [6, 6.07) is 11.6. The van der Waals surface area contributed by atoms with E-state index in [1.54, 1.807) is 6.07 Å². The van der Waals surface area contributed by atoms with Crippen molar-refractivity contribution in [2.24, 2.45) is 11.8 Å². The fraction of sp³-hybridized carbons (Fsp3) is 0.464. The van der Waals surface area contributed by atoms with E-state index in [9.17, 15) is 14.4 Å². The molecule has 0 N–H and O–H groups in total. The first-order valence-electron chi connectivity index (χ1n) is 11.9. The number of aryl methyl sites for hydroxylation is 3. The topological polar surface area (TPSA) is 69.7 Å². The number of esters is 1. The molecule has 2 aliphatic heterocycles. The lowest BCUT2D eigenvalue weighted by molar-refractivity contribution is -0.127. The molecule has 3 aliphatic rings. The van der Waals surface area contributed by atoms with E-state index in [4.69, 9.17) is 9.47 Å². The lowest BCUT2D eigenvalue weighted by atomic mass is 9.73. The van der Waals surface area contributed by atoms with E-state index in [1.165, 1.54) is 12.7 Å². The molecule has 5 rings (SSSR count). The molecule has 0 spiro atoms. The molecule has 2 aromatic rings. The van der Waals surface area contributed by atoms with E-state index in [0.29, 0.717) is 12.0 Å². The fourth-order valence-electron chi connectivity index (χ4n) is 6.50. The lowest BCUT2D eigenvalue weighted by Gasteiger charge is -2.26. The maximum absolute atomic E-state index is 13.8. The predicted octanol–water partition coefficient (Wildman–Crippen LogP) is 4.33. The first-order chi connectivity index (χ1) is 15.9. The van der Waals surface area contributed by atoms with Crippen LogP contribution in [0.2, 0.25) is 0 Å². The quantitative estimate of drug-likeness (QED) is 0.505. The first-order valence-corrected chi connectivity index (χ1v) is 11.9. The zero-order chi connectivity index (χ0) is 23.4. The fourth-order valence-corrected chi connectivity index (χ4v) is 6.50. The van der Waals surface area contributed by atoms with Gasteiger partial charge >= 0.3 is 5.97 Å². The van der Waals surface area contributed by atoms with Crippen molar-refractivity contribution in [2.45, 2.75) is 64.1 Å². The molecule has 2 bridgehead atoms. The maximum atomic E-state index is 13.8. The number of rotatable bonds is 5. The van der Waals surface area contributed by atoms with Crippen molar-refractivity contribution in [2.75, 3.05) is 7.11 Å². The molecule has 5 heteroatoms. The summed E-state index contributed by atoms with van der Waals surface area (Å²) in [5, 5.41) is 0. The van der Waals surface area contributed by atoms with Crippen molar-refractivity contribution >= 4 is 17.5 Å². The molecule has 172 valence electrons. The van der Waals surface area contributed by atoms with Crippen LogP contribution in [0.25, 0.3) is 0 Å². The normalized spacial score (nSPS) is 30.1. The summed E-state index contributed by atoms with van der Waals surface area (Å²) in [7, 11) is 1.36. The van der Waals surface area contributed by atoms with Gasteiger partial charge in [-0.15, -0.1) is 0 Å². The Morgan fingerprint density at radius 2 is 1.70 bits per heavy atom. The van der Waals surface area contributed by atoms with Crippen molar-refractivity contribution in [3.8, 4) is 0 Å². The van der Waals surface area contributed by atoms with Gasteiger partial charge in [-0.25, -0.2) is 4.79 Å². The molecule has 1 saturated carbocycles. The summed E-state index contributed by atoms with van der Waals surface area (Å²) >= 11 is 0. The summed E-state index contributed by atoms with van der Waals surface area (Å²) in [4.78, 5) is 39.5. The van der Waals surface area contributed by atoms with Gasteiger partial charge in [0.25, 0.3) is 0 Å². The third-order valence-electron chi connectivity index (χ3n) is 7.86. The zero-order valence-electron chi connectivity index (χ0n) is 19.6. The van der Waals surface area contributed by atoms with Crippen molar-refractivity contribution in [3.05, 3.63) is 69.8 Å². The highest BCUT2D eigenvalue weighted by Crippen LogP contribution is 2.57. The van der Waals surface area contributed by atoms with E-state index >= 15 is 0 Å². The number of hydrogen-bond donors (Lipinski definition) is 0. The molecule has 33 heavy (non-hydrogen) atoms. The Balaban J connectivity index is 1.51. The van der Waals surface area contributed by atoms with Gasteiger partial charge in [0.15, 0.2) is 11.6 Å². The standard InChI is InChI=1S/C28H30O5/c1-5-15-10-14(3)11-16(6-2)21(15)23-25(29)22-20-13-19(27(33-20)24(22)26(23)30)17-8-7-9-18(12-17)28(31)32-4/h7-12,19-20,22-24,27H,5-6,13H2,1-4H3/t19-,20-,22-,23?,24+,27+/m0/s1. The van der Waals surface area contributed by atoms with Crippen LogP contribution in [0, 0.1) is 18.8 Å². The highest BCUT2D eigenvalue weighted by molar-refractivity contribution is 6.17. The Hall–Kier alpha value is -2.79. The molecule has 2 aromatic carbocycles. The Kier molecular flexibility index (Phi) is 5.48. The number of Topliss-reactive ketones (excluding diaryl/α,β-unsaturated/α-hetero) is 2. The van der Waals surface area contributed by atoms with Crippen LogP contribution in [-0.2, 0) is 31.9 Å². The largest absolute Gasteiger partial charge is 0.465 e. The van der Waals surface area contributed by atoms with Gasteiger partial charge in [0.05, 0.1) is 36.7 Å². The summed E-state index contributed by atoms with van der Waals surface area (Å²) < 4.78 is 11.1. The van der Waals surface area contributed by atoms with Crippen molar-refractivity contribution in [3.63, 3.8) is 0 Å². The molecule has 1 unspecified atom stereocenters. The smallest absolute Gasteiger partial charge is 0.337 e. The third kappa shape index (κ3) is 3.28. The van der Waals surface area contributed by atoms with Gasteiger partial charge in [-0.3, -0.25) is 9.59 Å². The summed E-state index contributed by atoms with van der Waals surface area (Å²) in [6.45, 7) is 6.23. The molecule has 6 atom stereocenters. The van der Waals surface area contributed by atoms with Gasteiger partial charge < -0.3 is 9.47 Å². The Morgan fingerprint density at radius 3 is 2.33 bits per heavy atom. The van der Waals surface area contributed by atoms with Gasteiger partial charge in [0.2, 0.25) is 0 Å². The number of methoxy groups -OCH3 is 1. The van der Waals surface area contributed by atoms with Gasteiger partial charge in [0, 0.05) is 5.92 Å². The van der Waals surface area contributed by atoms with E-state index < -0.39 is 11.8 Å². The van der Waals surface area contributed by atoms with Crippen LogP contribution in [0.5, 0.6) is 0 Å². The minimum atomic E-state index is -0.681. The molecule has 3 fully saturated rings. The zero-order valence-corrected chi connectivity index (χ0v) is 19.6. The monoisotopic (exact) mass is 446 g/mol. The number of ketones is 2. The van der Waals surface area contributed by atoms with E-state index in [-0.39, 0.29) is 41.6 Å². The van der Waals surface area contributed by atoms with Crippen LogP contribution in [0.3, 0.4) is 0 Å². The summed E-state index contributed by atoms with van der Waals surface area (Å²) in [5.41, 5.74) is 5.77. The van der Waals surface area contributed by atoms with Gasteiger partial charge in [-0.1, -0.05) is 43.7 Å².